The van der Waals surface area contributed by atoms with Crippen molar-refractivity contribution >= 4 is 17.4 Å². The second-order valence-corrected chi connectivity index (χ2v) is 5.63. The van der Waals surface area contributed by atoms with Crippen LogP contribution in [0, 0.1) is 11.6 Å². The summed E-state index contributed by atoms with van der Waals surface area (Å²) in [7, 11) is 3.09. The van der Waals surface area contributed by atoms with E-state index in [1.165, 1.54) is 4.90 Å². The maximum Gasteiger partial charge on any atom is 0.319 e. The van der Waals surface area contributed by atoms with Gasteiger partial charge in [0.25, 0.3) is 0 Å². The van der Waals surface area contributed by atoms with Crippen molar-refractivity contribution in [1.29, 1.82) is 0 Å². The number of rotatable bonds is 3. The summed E-state index contributed by atoms with van der Waals surface area (Å²) in [6.45, 7) is 2.86. The van der Waals surface area contributed by atoms with E-state index in [1.807, 2.05) is 6.92 Å². The average Bonchev–Trinajstić information content (AvgIpc) is 2.73. The summed E-state index contributed by atoms with van der Waals surface area (Å²) in [6, 6.07) is 1.66. The molecule has 1 atom stereocenters. The number of carbonyl (C=O) groups is 1. The quantitative estimate of drug-likeness (QED) is 0.900. The summed E-state index contributed by atoms with van der Waals surface area (Å²) in [5.41, 5.74) is -0.530. The molecule has 7 heteroatoms. The molecular weight excluding hydrogens is 280 g/mol. The highest BCUT2D eigenvalue weighted by Gasteiger charge is 2.31. The first-order chi connectivity index (χ1) is 9.81. The molecule has 0 unspecified atom stereocenters. The third kappa shape index (κ3) is 3.60. The Morgan fingerprint density at radius 1 is 1.33 bits per heavy atom. The van der Waals surface area contributed by atoms with Crippen molar-refractivity contribution in [2.24, 2.45) is 0 Å². The van der Waals surface area contributed by atoms with Crippen molar-refractivity contribution in [1.82, 2.24) is 5.32 Å². The molecule has 0 aliphatic carbocycles. The minimum absolute atomic E-state index is 0.0654. The van der Waals surface area contributed by atoms with Crippen LogP contribution in [0.15, 0.2) is 12.1 Å². The lowest BCUT2D eigenvalue weighted by atomic mass is 10.0. The van der Waals surface area contributed by atoms with Crippen LogP contribution < -0.4 is 15.5 Å². The smallest absolute Gasteiger partial charge is 0.319 e. The summed E-state index contributed by atoms with van der Waals surface area (Å²) in [6.07, 6.45) is 0.697. The highest BCUT2D eigenvalue weighted by molar-refractivity contribution is 5.90. The lowest BCUT2D eigenvalue weighted by Crippen LogP contribution is -2.48. The normalized spacial score (nSPS) is 21.2. The fourth-order valence-electron chi connectivity index (χ4n) is 2.27. The molecule has 116 valence electrons. The zero-order valence-corrected chi connectivity index (χ0v) is 12.3. The van der Waals surface area contributed by atoms with Gasteiger partial charge >= 0.3 is 6.03 Å². The van der Waals surface area contributed by atoms with Gasteiger partial charge in [-0.15, -0.1) is 0 Å². The number of carbonyl (C=O) groups excluding carboxylic acids is 1. The van der Waals surface area contributed by atoms with Crippen LogP contribution in [0.4, 0.5) is 25.0 Å². The van der Waals surface area contributed by atoms with E-state index in [9.17, 15) is 13.6 Å². The third-order valence-electron chi connectivity index (χ3n) is 3.36. The number of amides is 2. The van der Waals surface area contributed by atoms with E-state index in [1.54, 1.807) is 14.1 Å². The Morgan fingerprint density at radius 3 is 2.43 bits per heavy atom. The molecular formula is C14H19F2N3O2. The van der Waals surface area contributed by atoms with Gasteiger partial charge in [0.05, 0.1) is 12.1 Å². The number of nitrogens with zero attached hydrogens (tertiary/aromatic N) is 1. The number of hydrogen-bond acceptors (Lipinski definition) is 3. The molecule has 0 bridgehead atoms. The van der Waals surface area contributed by atoms with Crippen LogP contribution >= 0.6 is 0 Å². The molecule has 0 saturated carbocycles. The first-order valence-corrected chi connectivity index (χ1v) is 6.64. The van der Waals surface area contributed by atoms with E-state index in [2.05, 4.69) is 10.6 Å². The minimum atomic E-state index is -0.731. The van der Waals surface area contributed by atoms with Crippen molar-refractivity contribution in [2.45, 2.75) is 18.9 Å². The second-order valence-electron chi connectivity index (χ2n) is 5.63. The number of ether oxygens (including phenoxy) is 1. The summed E-state index contributed by atoms with van der Waals surface area (Å²) in [5.74, 6) is -1.46. The van der Waals surface area contributed by atoms with Crippen LogP contribution in [0.25, 0.3) is 0 Å². The van der Waals surface area contributed by atoms with Gasteiger partial charge in [0.15, 0.2) is 11.6 Å². The second kappa shape index (κ2) is 5.85. The molecule has 5 nitrogen and oxygen atoms in total. The Kier molecular flexibility index (Phi) is 4.32. The van der Waals surface area contributed by atoms with Gasteiger partial charge in [-0.2, -0.15) is 0 Å². The van der Waals surface area contributed by atoms with Gasteiger partial charge in [-0.1, -0.05) is 0 Å². The molecule has 1 saturated heterocycles. The molecule has 2 N–H and O–H groups in total. The zero-order chi connectivity index (χ0) is 15.6. The maximum absolute atomic E-state index is 13.8. The molecule has 0 aromatic heterocycles. The van der Waals surface area contributed by atoms with Crippen LogP contribution in [0.5, 0.6) is 0 Å². The number of halogens is 2. The minimum Gasteiger partial charge on any atom is -0.379 e. The molecule has 1 fully saturated rings. The van der Waals surface area contributed by atoms with Crippen LogP contribution in [-0.4, -0.2) is 38.9 Å². The topological polar surface area (TPSA) is 53.6 Å². The standard InChI is InChI=1S/C14H19F2N3O2/c1-14(4-5-21-8-14)18-13(20)17-9-6-10(15)12(19(2)3)11(16)7-9/h6-7H,4-5,8H2,1-3H3,(H2,17,18,20)/t14-/m0/s1. The Labute approximate surface area is 122 Å². The molecule has 1 heterocycles. The van der Waals surface area contributed by atoms with Crippen molar-refractivity contribution in [3.8, 4) is 0 Å². The van der Waals surface area contributed by atoms with Crippen LogP contribution in [0.1, 0.15) is 13.3 Å². The van der Waals surface area contributed by atoms with E-state index < -0.39 is 23.2 Å². The Balaban J connectivity index is 2.08. The average molecular weight is 299 g/mol. The summed E-state index contributed by atoms with van der Waals surface area (Å²) < 4.78 is 32.9. The first-order valence-electron chi connectivity index (χ1n) is 6.64. The molecule has 2 amide bonds. The SMILES string of the molecule is CN(C)c1c(F)cc(NC(=O)N[C@@]2(C)CCOC2)cc1F. The van der Waals surface area contributed by atoms with E-state index >= 15 is 0 Å². The maximum atomic E-state index is 13.8. The fourth-order valence-corrected chi connectivity index (χ4v) is 2.27. The highest BCUT2D eigenvalue weighted by atomic mass is 19.1. The molecule has 21 heavy (non-hydrogen) atoms. The lowest BCUT2D eigenvalue weighted by Gasteiger charge is -2.23. The third-order valence-corrected chi connectivity index (χ3v) is 3.36. The van der Waals surface area contributed by atoms with Gasteiger partial charge in [-0.25, -0.2) is 13.6 Å². The van der Waals surface area contributed by atoms with Gasteiger partial charge in [-0.05, 0) is 25.5 Å². The summed E-state index contributed by atoms with van der Waals surface area (Å²) in [4.78, 5) is 13.2. The van der Waals surface area contributed by atoms with Crippen molar-refractivity contribution in [3.05, 3.63) is 23.8 Å². The van der Waals surface area contributed by atoms with E-state index in [0.717, 1.165) is 12.1 Å². The van der Waals surface area contributed by atoms with Crippen molar-refractivity contribution < 1.29 is 18.3 Å². The van der Waals surface area contributed by atoms with Gasteiger partial charge in [0, 0.05) is 26.4 Å². The van der Waals surface area contributed by atoms with E-state index in [0.29, 0.717) is 19.6 Å². The van der Waals surface area contributed by atoms with Crippen LogP contribution in [-0.2, 0) is 4.74 Å². The van der Waals surface area contributed by atoms with Gasteiger partial charge in [-0.3, -0.25) is 0 Å². The number of urea groups is 1. The molecule has 2 rings (SSSR count). The van der Waals surface area contributed by atoms with Gasteiger partial charge in [0.2, 0.25) is 0 Å². The largest absolute Gasteiger partial charge is 0.379 e. The fraction of sp³-hybridized carbons (Fsp3) is 0.500. The Bertz CT molecular complexity index is 520. The Hall–Kier alpha value is -1.89. The van der Waals surface area contributed by atoms with Crippen LogP contribution in [0.3, 0.4) is 0 Å². The molecule has 0 radical (unpaired) electrons. The summed E-state index contributed by atoms with van der Waals surface area (Å²) in [5, 5.41) is 5.19. The van der Waals surface area contributed by atoms with E-state index in [4.69, 9.17) is 4.74 Å². The number of anilines is 2. The van der Waals surface area contributed by atoms with Gasteiger partial charge < -0.3 is 20.3 Å². The van der Waals surface area contributed by atoms with E-state index in [-0.39, 0.29) is 11.4 Å². The predicted molar refractivity (Wildman–Crippen MR) is 76.7 cm³/mol. The molecule has 1 aromatic carbocycles. The number of hydrogen-bond donors (Lipinski definition) is 2. The molecule has 0 spiro atoms. The zero-order valence-electron chi connectivity index (χ0n) is 12.3. The lowest BCUT2D eigenvalue weighted by molar-refractivity contribution is 0.172. The molecule has 1 aliphatic heterocycles. The summed E-state index contributed by atoms with van der Waals surface area (Å²) >= 11 is 0. The van der Waals surface area contributed by atoms with Crippen LogP contribution in [0.2, 0.25) is 0 Å². The number of benzene rings is 1. The monoisotopic (exact) mass is 299 g/mol. The Morgan fingerprint density at radius 2 is 1.95 bits per heavy atom. The molecule has 1 aromatic rings. The van der Waals surface area contributed by atoms with Crippen molar-refractivity contribution in [2.75, 3.05) is 37.5 Å². The predicted octanol–water partition coefficient (Wildman–Crippen LogP) is 2.33. The highest BCUT2D eigenvalue weighted by Crippen LogP contribution is 2.25. The molecule has 1 aliphatic rings. The van der Waals surface area contributed by atoms with Gasteiger partial charge in [0.1, 0.15) is 5.69 Å². The van der Waals surface area contributed by atoms with Crippen molar-refractivity contribution in [3.63, 3.8) is 0 Å². The number of nitrogens with one attached hydrogen (secondary N) is 2. The first kappa shape index (κ1) is 15.5.